The van der Waals surface area contributed by atoms with Crippen LogP contribution in [0.15, 0.2) is 77.7 Å². The van der Waals surface area contributed by atoms with Gasteiger partial charge in [0.2, 0.25) is 5.91 Å². The molecule has 1 aliphatic rings. The Morgan fingerprint density at radius 2 is 1.72 bits per heavy atom. The molecule has 1 N–H and O–H groups in total. The Balaban J connectivity index is 1.47. The zero-order valence-electron chi connectivity index (χ0n) is 21.3. The number of amides is 1. The SMILES string of the molecule is Cc1ccc(N(CC(=O)NCc2ccc(N3CCCC(C)C3)cc2)S(=O)(=O)c2ccccc2)cc1C. The lowest BCUT2D eigenvalue weighted by Gasteiger charge is -2.32. The number of sulfonamides is 1. The van der Waals surface area contributed by atoms with Crippen molar-refractivity contribution in [3.05, 3.63) is 89.5 Å². The fraction of sp³-hybridized carbons (Fsp3) is 0.345. The smallest absolute Gasteiger partial charge is 0.264 e. The third kappa shape index (κ3) is 6.08. The van der Waals surface area contributed by atoms with Gasteiger partial charge >= 0.3 is 0 Å². The summed E-state index contributed by atoms with van der Waals surface area (Å²) in [5.41, 5.74) is 4.66. The van der Waals surface area contributed by atoms with Crippen molar-refractivity contribution in [3.63, 3.8) is 0 Å². The number of aryl methyl sites for hydroxylation is 2. The predicted molar refractivity (Wildman–Crippen MR) is 146 cm³/mol. The second-order valence-corrected chi connectivity index (χ2v) is 11.6. The van der Waals surface area contributed by atoms with Crippen molar-refractivity contribution < 1.29 is 13.2 Å². The average Bonchev–Trinajstić information content (AvgIpc) is 2.88. The van der Waals surface area contributed by atoms with E-state index in [1.807, 2.05) is 38.1 Å². The van der Waals surface area contributed by atoms with Gasteiger partial charge in [-0.15, -0.1) is 0 Å². The lowest BCUT2D eigenvalue weighted by molar-refractivity contribution is -0.119. The molecule has 7 heteroatoms. The molecule has 1 heterocycles. The van der Waals surface area contributed by atoms with Crippen LogP contribution in [-0.2, 0) is 21.4 Å². The summed E-state index contributed by atoms with van der Waals surface area (Å²) in [4.78, 5) is 15.5. The highest BCUT2D eigenvalue weighted by molar-refractivity contribution is 7.92. The van der Waals surface area contributed by atoms with Crippen LogP contribution >= 0.6 is 0 Å². The predicted octanol–water partition coefficient (Wildman–Crippen LogP) is 5.05. The molecule has 1 amide bonds. The fourth-order valence-electron chi connectivity index (χ4n) is 4.55. The normalized spacial score (nSPS) is 16.0. The van der Waals surface area contributed by atoms with Gasteiger partial charge in [-0.2, -0.15) is 0 Å². The molecule has 0 aromatic heterocycles. The molecule has 1 unspecified atom stereocenters. The first kappa shape index (κ1) is 25.8. The Labute approximate surface area is 215 Å². The van der Waals surface area contributed by atoms with E-state index < -0.39 is 10.0 Å². The molecule has 6 nitrogen and oxygen atoms in total. The average molecular weight is 506 g/mol. The van der Waals surface area contributed by atoms with Crippen molar-refractivity contribution in [2.75, 3.05) is 28.8 Å². The quantitative estimate of drug-likeness (QED) is 0.465. The Morgan fingerprint density at radius 3 is 2.39 bits per heavy atom. The number of hydrogen-bond donors (Lipinski definition) is 1. The lowest BCUT2D eigenvalue weighted by atomic mass is 9.99. The number of nitrogens with one attached hydrogen (secondary N) is 1. The number of carbonyl (C=O) groups excluding carboxylic acids is 1. The molecule has 0 aliphatic carbocycles. The zero-order valence-corrected chi connectivity index (χ0v) is 22.1. The maximum absolute atomic E-state index is 13.5. The molecule has 1 atom stereocenters. The number of benzene rings is 3. The molecule has 36 heavy (non-hydrogen) atoms. The first-order chi connectivity index (χ1) is 17.2. The van der Waals surface area contributed by atoms with Crippen LogP contribution in [-0.4, -0.2) is 34.0 Å². The van der Waals surface area contributed by atoms with Gasteiger partial charge in [0.15, 0.2) is 0 Å². The molecular formula is C29H35N3O3S. The molecule has 0 bridgehead atoms. The summed E-state index contributed by atoms with van der Waals surface area (Å²) in [6, 6.07) is 21.9. The summed E-state index contributed by atoms with van der Waals surface area (Å²) in [7, 11) is -3.92. The van der Waals surface area contributed by atoms with E-state index in [1.54, 1.807) is 36.4 Å². The topological polar surface area (TPSA) is 69.7 Å². The molecule has 3 aromatic rings. The van der Waals surface area contributed by atoms with Crippen LogP contribution in [0.25, 0.3) is 0 Å². The summed E-state index contributed by atoms with van der Waals surface area (Å²) < 4.78 is 28.2. The first-order valence-electron chi connectivity index (χ1n) is 12.5. The summed E-state index contributed by atoms with van der Waals surface area (Å²) in [6.45, 7) is 8.37. The number of hydrogen-bond acceptors (Lipinski definition) is 4. The minimum Gasteiger partial charge on any atom is -0.371 e. The van der Waals surface area contributed by atoms with Gasteiger partial charge < -0.3 is 10.2 Å². The van der Waals surface area contributed by atoms with Gasteiger partial charge in [0, 0.05) is 25.3 Å². The van der Waals surface area contributed by atoms with E-state index >= 15 is 0 Å². The molecule has 3 aromatic carbocycles. The number of nitrogens with zero attached hydrogens (tertiary/aromatic N) is 2. The van der Waals surface area contributed by atoms with Crippen LogP contribution < -0.4 is 14.5 Å². The molecule has 4 rings (SSSR count). The Bertz CT molecular complexity index is 1290. The van der Waals surface area contributed by atoms with E-state index in [9.17, 15) is 13.2 Å². The molecule has 1 fully saturated rings. The van der Waals surface area contributed by atoms with Crippen LogP contribution in [0.1, 0.15) is 36.5 Å². The molecule has 0 saturated carbocycles. The van der Waals surface area contributed by atoms with Crippen molar-refractivity contribution in [1.29, 1.82) is 0 Å². The highest BCUT2D eigenvalue weighted by Gasteiger charge is 2.27. The van der Waals surface area contributed by atoms with Gasteiger partial charge in [-0.3, -0.25) is 9.10 Å². The van der Waals surface area contributed by atoms with Crippen molar-refractivity contribution in [3.8, 4) is 0 Å². The van der Waals surface area contributed by atoms with Gasteiger partial charge in [0.1, 0.15) is 6.54 Å². The van der Waals surface area contributed by atoms with E-state index in [0.717, 1.165) is 29.8 Å². The third-order valence-electron chi connectivity index (χ3n) is 6.85. The van der Waals surface area contributed by atoms with Gasteiger partial charge in [-0.25, -0.2) is 8.42 Å². The monoisotopic (exact) mass is 505 g/mol. The minimum atomic E-state index is -3.92. The molecule has 0 radical (unpaired) electrons. The van der Waals surface area contributed by atoms with Gasteiger partial charge in [0.05, 0.1) is 10.6 Å². The largest absolute Gasteiger partial charge is 0.371 e. The van der Waals surface area contributed by atoms with Crippen LogP contribution in [0, 0.1) is 19.8 Å². The summed E-state index contributed by atoms with van der Waals surface area (Å²) in [6.07, 6.45) is 2.49. The summed E-state index contributed by atoms with van der Waals surface area (Å²) in [5, 5.41) is 2.90. The second kappa shape index (κ2) is 11.2. The van der Waals surface area contributed by atoms with Crippen molar-refractivity contribution >= 4 is 27.3 Å². The van der Waals surface area contributed by atoms with Crippen LogP contribution in [0.2, 0.25) is 0 Å². The first-order valence-corrected chi connectivity index (χ1v) is 13.9. The van der Waals surface area contributed by atoms with Crippen molar-refractivity contribution in [1.82, 2.24) is 5.32 Å². The zero-order chi connectivity index (χ0) is 25.7. The van der Waals surface area contributed by atoms with E-state index in [2.05, 4.69) is 29.3 Å². The number of carbonyl (C=O) groups is 1. The van der Waals surface area contributed by atoms with Gasteiger partial charge in [0.25, 0.3) is 10.0 Å². The van der Waals surface area contributed by atoms with E-state index in [1.165, 1.54) is 22.8 Å². The van der Waals surface area contributed by atoms with E-state index in [0.29, 0.717) is 18.2 Å². The van der Waals surface area contributed by atoms with Crippen LogP contribution in [0.4, 0.5) is 11.4 Å². The third-order valence-corrected chi connectivity index (χ3v) is 8.63. The van der Waals surface area contributed by atoms with Crippen LogP contribution in [0.3, 0.4) is 0 Å². The van der Waals surface area contributed by atoms with Crippen molar-refractivity contribution in [2.45, 2.75) is 45.1 Å². The van der Waals surface area contributed by atoms with Gasteiger partial charge in [-0.1, -0.05) is 43.3 Å². The highest BCUT2D eigenvalue weighted by atomic mass is 32.2. The standard InChI is InChI=1S/C29H35N3O3S/c1-22-8-7-17-31(20-22)26-15-12-25(13-16-26)19-30-29(33)21-32(27-14-11-23(2)24(3)18-27)36(34,35)28-9-5-4-6-10-28/h4-6,9-16,18,22H,7-8,17,19-21H2,1-3H3,(H,30,33). The Kier molecular flexibility index (Phi) is 7.99. The number of piperidine rings is 1. The van der Waals surface area contributed by atoms with Crippen LogP contribution in [0.5, 0.6) is 0 Å². The molecule has 1 aliphatic heterocycles. The molecule has 0 spiro atoms. The Morgan fingerprint density at radius 1 is 1.00 bits per heavy atom. The fourth-order valence-corrected chi connectivity index (χ4v) is 5.98. The maximum Gasteiger partial charge on any atom is 0.264 e. The molecule has 190 valence electrons. The lowest BCUT2D eigenvalue weighted by Crippen LogP contribution is -2.40. The highest BCUT2D eigenvalue weighted by Crippen LogP contribution is 2.26. The molecule has 1 saturated heterocycles. The second-order valence-electron chi connectivity index (χ2n) is 9.73. The minimum absolute atomic E-state index is 0.152. The van der Waals surface area contributed by atoms with Crippen molar-refractivity contribution in [2.24, 2.45) is 5.92 Å². The Hall–Kier alpha value is -3.32. The van der Waals surface area contributed by atoms with Gasteiger partial charge in [-0.05, 0) is 85.7 Å². The number of rotatable bonds is 8. The number of anilines is 2. The summed E-state index contributed by atoms with van der Waals surface area (Å²) in [5.74, 6) is 0.340. The maximum atomic E-state index is 13.5. The van der Waals surface area contributed by atoms with E-state index in [-0.39, 0.29) is 17.3 Å². The van der Waals surface area contributed by atoms with E-state index in [4.69, 9.17) is 0 Å². The molecular weight excluding hydrogens is 470 g/mol. The summed E-state index contributed by atoms with van der Waals surface area (Å²) >= 11 is 0.